The third-order valence-electron chi connectivity index (χ3n) is 12.1. The van der Waals surface area contributed by atoms with Crippen LogP contribution in [-0.4, -0.2) is 75.1 Å². The zero-order chi connectivity index (χ0) is 28.4. The summed E-state index contributed by atoms with van der Waals surface area (Å²) in [5, 5.41) is 56.1. The van der Waals surface area contributed by atoms with E-state index < -0.39 is 45.8 Å². The Morgan fingerprint density at radius 1 is 0.974 bits per heavy atom. The van der Waals surface area contributed by atoms with E-state index in [1.165, 1.54) is 0 Å². The van der Waals surface area contributed by atoms with E-state index in [2.05, 4.69) is 18.0 Å². The molecular weight excluding hydrogens is 535 g/mol. The minimum absolute atomic E-state index is 0. The van der Waals surface area contributed by atoms with Gasteiger partial charge in [-0.1, -0.05) is 47.5 Å². The van der Waals surface area contributed by atoms with Crippen molar-refractivity contribution in [3.8, 4) is 0 Å². The van der Waals surface area contributed by atoms with Crippen LogP contribution in [0, 0.1) is 52.3 Å². The number of aliphatic hydroxyl groups is 5. The third-order valence-corrected chi connectivity index (χ3v) is 12.5. The molecule has 14 atom stereocenters. The fourth-order valence-electron chi connectivity index (χ4n) is 9.72. The standard InChI is InChI=1S/C28H50O9S.Na/c1-15(17(3)14-37-38(34,35)36)6-7-16(2)22-24(31)25(32)23-19-12-21(30)28(33)13-18(29)8-11-27(28,5)20(19)9-10-26(22,23)4;/h15-25,29-33H,6-14H2,1-5H3,(H,34,35,36);/q;+1/p-1/t15-,16-,17-,18+,19-,20+,21-,22+,23-,24-,25-,26-,27-,28+;/m1./s1. The Kier molecular flexibility index (Phi) is 10.5. The molecule has 4 fully saturated rings. The van der Waals surface area contributed by atoms with E-state index in [0.29, 0.717) is 19.3 Å². The van der Waals surface area contributed by atoms with Crippen LogP contribution in [0.3, 0.4) is 0 Å². The molecule has 0 radical (unpaired) electrons. The second kappa shape index (κ2) is 12.0. The SMILES string of the molecule is C[C@H](CC[C@@H](C)[C@H](C)COS(=O)(=O)[O-])[C@H]1[C@@H](O)[C@H](O)[C@H]2[C@@H]3C[C@@H](O)[C@@]4(O)C[C@@H](O)CC[C@]4(C)[C@H]3CC[C@]12C.[Na+]. The van der Waals surface area contributed by atoms with Crippen molar-refractivity contribution in [1.82, 2.24) is 0 Å². The summed E-state index contributed by atoms with van der Waals surface area (Å²) in [4.78, 5) is 0. The molecule has 5 N–H and O–H groups in total. The summed E-state index contributed by atoms with van der Waals surface area (Å²) in [7, 11) is -4.72. The van der Waals surface area contributed by atoms with Crippen molar-refractivity contribution in [2.75, 3.05) is 6.61 Å². The van der Waals surface area contributed by atoms with E-state index in [1.54, 1.807) is 0 Å². The molecule has 0 bridgehead atoms. The Morgan fingerprint density at radius 3 is 2.23 bits per heavy atom. The van der Waals surface area contributed by atoms with Crippen LogP contribution < -0.4 is 29.6 Å². The maximum atomic E-state index is 11.7. The molecule has 9 nitrogen and oxygen atoms in total. The summed E-state index contributed by atoms with van der Waals surface area (Å²) in [5.74, 6) is -0.194. The number of hydrogen-bond donors (Lipinski definition) is 5. The Morgan fingerprint density at radius 2 is 1.62 bits per heavy atom. The van der Waals surface area contributed by atoms with E-state index in [0.717, 1.165) is 25.7 Å². The van der Waals surface area contributed by atoms with Gasteiger partial charge in [0, 0.05) is 11.8 Å². The van der Waals surface area contributed by atoms with E-state index in [1.807, 2.05) is 20.8 Å². The fourth-order valence-corrected chi connectivity index (χ4v) is 10.1. The van der Waals surface area contributed by atoms with E-state index in [9.17, 15) is 38.5 Å². The normalized spacial score (nSPS) is 48.2. The summed E-state index contributed by atoms with van der Waals surface area (Å²) in [5.41, 5.74) is -2.24. The molecule has 11 heteroatoms. The molecule has 4 aliphatic carbocycles. The van der Waals surface area contributed by atoms with Crippen LogP contribution in [0.15, 0.2) is 0 Å². The topological polar surface area (TPSA) is 168 Å². The predicted molar refractivity (Wildman–Crippen MR) is 139 cm³/mol. The molecule has 0 aliphatic heterocycles. The maximum Gasteiger partial charge on any atom is 1.00 e. The van der Waals surface area contributed by atoms with Gasteiger partial charge in [-0.15, -0.1) is 0 Å². The summed E-state index contributed by atoms with van der Waals surface area (Å²) < 4.78 is 36.9. The smallest absolute Gasteiger partial charge is 0.726 e. The molecule has 0 amide bonds. The quantitative estimate of drug-likeness (QED) is 0.139. The second-order valence-corrected chi connectivity index (χ2v) is 15.1. The van der Waals surface area contributed by atoms with Crippen molar-refractivity contribution >= 4 is 10.4 Å². The van der Waals surface area contributed by atoms with Gasteiger partial charge >= 0.3 is 29.6 Å². The van der Waals surface area contributed by atoms with Crippen molar-refractivity contribution in [1.29, 1.82) is 0 Å². The molecular formula is C28H49NaO9S. The van der Waals surface area contributed by atoms with Crippen molar-refractivity contribution in [3.63, 3.8) is 0 Å². The first kappa shape index (κ1) is 34.2. The molecule has 0 aromatic heterocycles. The molecule has 0 heterocycles. The van der Waals surface area contributed by atoms with Crippen LogP contribution in [0.4, 0.5) is 0 Å². The van der Waals surface area contributed by atoms with Gasteiger partial charge in [0.2, 0.25) is 10.4 Å². The van der Waals surface area contributed by atoms with Gasteiger partial charge in [0.15, 0.2) is 0 Å². The Labute approximate surface area is 256 Å². The van der Waals surface area contributed by atoms with Gasteiger partial charge in [0.25, 0.3) is 0 Å². The van der Waals surface area contributed by atoms with Crippen LogP contribution in [0.5, 0.6) is 0 Å². The third kappa shape index (κ3) is 5.93. The number of aliphatic hydroxyl groups excluding tert-OH is 4. The van der Waals surface area contributed by atoms with Crippen LogP contribution in [0.1, 0.15) is 86.0 Å². The summed E-state index contributed by atoms with van der Waals surface area (Å²) in [6, 6.07) is 0. The molecule has 0 aromatic rings. The molecule has 0 unspecified atom stereocenters. The molecule has 4 saturated carbocycles. The summed E-state index contributed by atoms with van der Waals surface area (Å²) in [6.45, 7) is 10.0. The zero-order valence-electron chi connectivity index (χ0n) is 24.5. The van der Waals surface area contributed by atoms with Gasteiger partial charge in [-0.2, -0.15) is 0 Å². The van der Waals surface area contributed by atoms with Crippen molar-refractivity contribution < 1.29 is 72.2 Å². The minimum atomic E-state index is -4.72. The van der Waals surface area contributed by atoms with Crippen LogP contribution in [-0.2, 0) is 14.6 Å². The second-order valence-electron chi connectivity index (χ2n) is 14.0. The molecule has 39 heavy (non-hydrogen) atoms. The maximum absolute atomic E-state index is 11.7. The van der Waals surface area contributed by atoms with Crippen LogP contribution in [0.25, 0.3) is 0 Å². The largest absolute Gasteiger partial charge is 1.00 e. The molecule has 4 aliphatic rings. The predicted octanol–water partition coefficient (Wildman–Crippen LogP) is -0.797. The van der Waals surface area contributed by atoms with Gasteiger partial charge in [0.05, 0.1) is 36.6 Å². The zero-order valence-corrected chi connectivity index (χ0v) is 27.3. The first-order valence-corrected chi connectivity index (χ1v) is 15.8. The molecule has 0 aromatic carbocycles. The first-order valence-electron chi connectivity index (χ1n) is 14.5. The first-order chi connectivity index (χ1) is 17.5. The fraction of sp³-hybridized carbons (Fsp3) is 1.00. The van der Waals surface area contributed by atoms with Gasteiger partial charge in [-0.3, -0.25) is 4.18 Å². The van der Waals surface area contributed by atoms with Gasteiger partial charge in [-0.25, -0.2) is 8.42 Å². The van der Waals surface area contributed by atoms with Crippen molar-refractivity contribution in [2.24, 2.45) is 52.3 Å². The van der Waals surface area contributed by atoms with E-state index >= 15 is 0 Å². The Hall–Kier alpha value is 0.670. The van der Waals surface area contributed by atoms with Crippen LogP contribution >= 0.6 is 0 Å². The van der Waals surface area contributed by atoms with Crippen molar-refractivity contribution in [3.05, 3.63) is 0 Å². The number of rotatable bonds is 8. The minimum Gasteiger partial charge on any atom is -0.726 e. The van der Waals surface area contributed by atoms with Gasteiger partial charge < -0.3 is 30.1 Å². The van der Waals surface area contributed by atoms with E-state index in [4.69, 9.17) is 0 Å². The molecule has 4 rings (SSSR count). The summed E-state index contributed by atoms with van der Waals surface area (Å²) in [6.07, 6.45) is 1.51. The molecule has 222 valence electrons. The number of fused-ring (bicyclic) bond motifs is 5. The number of hydrogen-bond acceptors (Lipinski definition) is 9. The van der Waals surface area contributed by atoms with Gasteiger partial charge in [-0.05, 0) is 78.9 Å². The average Bonchev–Trinajstić information content (AvgIpc) is 3.02. The molecule has 0 spiro atoms. The Balaban J connectivity index is 0.00000420. The van der Waals surface area contributed by atoms with E-state index in [-0.39, 0.29) is 89.4 Å². The van der Waals surface area contributed by atoms with Crippen molar-refractivity contribution in [2.45, 2.75) is 116 Å². The Bertz CT molecular complexity index is 967. The molecule has 0 saturated heterocycles. The van der Waals surface area contributed by atoms with Gasteiger partial charge in [0.1, 0.15) is 0 Å². The summed E-state index contributed by atoms with van der Waals surface area (Å²) >= 11 is 0. The average molecular weight is 585 g/mol. The monoisotopic (exact) mass is 584 g/mol. The van der Waals surface area contributed by atoms with Crippen LogP contribution in [0.2, 0.25) is 0 Å².